The van der Waals surface area contributed by atoms with E-state index >= 15 is 0 Å². The van der Waals surface area contributed by atoms with E-state index in [0.717, 1.165) is 16.8 Å². The Hall–Kier alpha value is -2.92. The Morgan fingerprint density at radius 2 is 1.89 bits per heavy atom. The first-order chi connectivity index (χ1) is 13.0. The number of Topliss-reactive ketones (excluding diaryl/α,β-unsaturated/α-hetero) is 1. The molecule has 0 aliphatic rings. The zero-order valence-electron chi connectivity index (χ0n) is 15.1. The van der Waals surface area contributed by atoms with Gasteiger partial charge in [-0.25, -0.2) is 4.98 Å². The lowest BCUT2D eigenvalue weighted by Crippen LogP contribution is -2.24. The highest BCUT2D eigenvalue weighted by Gasteiger charge is 2.13. The van der Waals surface area contributed by atoms with Crippen LogP contribution in [0.5, 0.6) is 0 Å². The number of halogens is 1. The molecule has 0 spiro atoms. The normalized spacial score (nSPS) is 10.6. The van der Waals surface area contributed by atoms with Gasteiger partial charge in [0.05, 0.1) is 17.6 Å². The van der Waals surface area contributed by atoms with Gasteiger partial charge in [-0.1, -0.05) is 48.9 Å². The van der Waals surface area contributed by atoms with Crippen molar-refractivity contribution >= 4 is 29.0 Å². The SMILES string of the molecule is CCC(=O)N(C)c1ccc(-c2ccc(C(=O)Cc3ncco3)cc2)c(Cl)c1. The number of ketones is 1. The highest BCUT2D eigenvalue weighted by molar-refractivity contribution is 6.33. The predicted octanol–water partition coefficient (Wildman–Crippen LogP) is 4.79. The monoisotopic (exact) mass is 382 g/mol. The van der Waals surface area contributed by atoms with E-state index in [0.29, 0.717) is 22.9 Å². The first-order valence-corrected chi connectivity index (χ1v) is 8.95. The van der Waals surface area contributed by atoms with Crippen molar-refractivity contribution in [1.82, 2.24) is 4.98 Å². The van der Waals surface area contributed by atoms with E-state index in [2.05, 4.69) is 4.98 Å². The lowest BCUT2D eigenvalue weighted by Gasteiger charge is -2.17. The van der Waals surface area contributed by atoms with Crippen LogP contribution in [0.3, 0.4) is 0 Å². The summed E-state index contributed by atoms with van der Waals surface area (Å²) in [7, 11) is 1.73. The molecule has 0 unspecified atom stereocenters. The quantitative estimate of drug-likeness (QED) is 0.575. The van der Waals surface area contributed by atoms with Gasteiger partial charge in [0, 0.05) is 30.3 Å². The number of aromatic nitrogens is 1. The van der Waals surface area contributed by atoms with Crippen LogP contribution in [0, 0.1) is 0 Å². The van der Waals surface area contributed by atoms with Crippen LogP contribution in [0.15, 0.2) is 59.3 Å². The second-order valence-electron chi connectivity index (χ2n) is 6.07. The molecule has 0 bridgehead atoms. The molecule has 6 heteroatoms. The Bertz CT molecular complexity index is 950. The van der Waals surface area contributed by atoms with Crippen molar-refractivity contribution in [3.63, 3.8) is 0 Å². The van der Waals surface area contributed by atoms with Crippen molar-refractivity contribution < 1.29 is 14.0 Å². The number of carbonyl (C=O) groups excluding carboxylic acids is 2. The second kappa shape index (κ2) is 8.18. The fourth-order valence-corrected chi connectivity index (χ4v) is 3.03. The molecule has 0 fully saturated rings. The largest absolute Gasteiger partial charge is 0.449 e. The number of carbonyl (C=O) groups is 2. The Labute approximate surface area is 162 Å². The van der Waals surface area contributed by atoms with Crippen LogP contribution < -0.4 is 4.90 Å². The Morgan fingerprint density at radius 3 is 2.48 bits per heavy atom. The van der Waals surface area contributed by atoms with Gasteiger partial charge in [0.15, 0.2) is 5.78 Å². The Kier molecular flexibility index (Phi) is 5.72. The summed E-state index contributed by atoms with van der Waals surface area (Å²) in [6, 6.07) is 12.7. The summed E-state index contributed by atoms with van der Waals surface area (Å²) in [5.41, 5.74) is 3.06. The maximum Gasteiger partial charge on any atom is 0.226 e. The van der Waals surface area contributed by atoms with Crippen LogP contribution in [0.2, 0.25) is 5.02 Å². The van der Waals surface area contributed by atoms with Crippen LogP contribution >= 0.6 is 11.6 Å². The average molecular weight is 383 g/mol. The van der Waals surface area contributed by atoms with Crippen molar-refractivity contribution in [3.05, 3.63) is 71.4 Å². The summed E-state index contributed by atoms with van der Waals surface area (Å²) >= 11 is 6.43. The molecule has 0 saturated heterocycles. The number of oxazole rings is 1. The van der Waals surface area contributed by atoms with Gasteiger partial charge < -0.3 is 9.32 Å². The molecule has 27 heavy (non-hydrogen) atoms. The molecule has 3 rings (SSSR count). The topological polar surface area (TPSA) is 63.4 Å². The molecule has 0 aliphatic heterocycles. The molecule has 3 aromatic rings. The van der Waals surface area contributed by atoms with Crippen molar-refractivity contribution in [3.8, 4) is 11.1 Å². The van der Waals surface area contributed by atoms with E-state index < -0.39 is 0 Å². The van der Waals surface area contributed by atoms with E-state index in [4.69, 9.17) is 16.0 Å². The summed E-state index contributed by atoms with van der Waals surface area (Å²) in [6.45, 7) is 1.82. The molecule has 2 aromatic carbocycles. The van der Waals surface area contributed by atoms with Crippen LogP contribution in [0.25, 0.3) is 11.1 Å². The Morgan fingerprint density at radius 1 is 1.15 bits per heavy atom. The van der Waals surface area contributed by atoms with E-state index in [1.807, 2.05) is 31.2 Å². The van der Waals surface area contributed by atoms with Gasteiger partial charge in [0.25, 0.3) is 0 Å². The van der Waals surface area contributed by atoms with Gasteiger partial charge in [-0.3, -0.25) is 9.59 Å². The van der Waals surface area contributed by atoms with Crippen molar-refractivity contribution in [2.75, 3.05) is 11.9 Å². The fraction of sp³-hybridized carbons (Fsp3) is 0.190. The minimum Gasteiger partial charge on any atom is -0.449 e. The average Bonchev–Trinajstić information content (AvgIpc) is 3.19. The summed E-state index contributed by atoms with van der Waals surface area (Å²) in [5.74, 6) is 0.353. The zero-order valence-corrected chi connectivity index (χ0v) is 15.9. The summed E-state index contributed by atoms with van der Waals surface area (Å²) < 4.78 is 5.11. The lowest BCUT2D eigenvalue weighted by atomic mass is 10.0. The number of anilines is 1. The van der Waals surface area contributed by atoms with Gasteiger partial charge in [0.2, 0.25) is 11.8 Å². The van der Waals surface area contributed by atoms with Gasteiger partial charge in [-0.2, -0.15) is 0 Å². The molecule has 0 aliphatic carbocycles. The minimum absolute atomic E-state index is 0.0210. The van der Waals surface area contributed by atoms with Crippen LogP contribution in [0.4, 0.5) is 5.69 Å². The summed E-state index contributed by atoms with van der Waals surface area (Å²) in [4.78, 5) is 29.7. The van der Waals surface area contributed by atoms with Crippen LogP contribution in [0.1, 0.15) is 29.6 Å². The van der Waals surface area contributed by atoms with Gasteiger partial charge in [0.1, 0.15) is 6.26 Å². The number of hydrogen-bond donors (Lipinski definition) is 0. The first-order valence-electron chi connectivity index (χ1n) is 8.57. The second-order valence-corrected chi connectivity index (χ2v) is 6.48. The molecule has 5 nitrogen and oxygen atoms in total. The van der Waals surface area contributed by atoms with Crippen LogP contribution in [-0.2, 0) is 11.2 Å². The van der Waals surface area contributed by atoms with E-state index in [1.165, 1.54) is 12.5 Å². The summed E-state index contributed by atoms with van der Waals surface area (Å²) in [6.07, 6.45) is 3.52. The third-order valence-electron chi connectivity index (χ3n) is 4.33. The van der Waals surface area contributed by atoms with E-state index in [9.17, 15) is 9.59 Å². The molecule has 0 atom stereocenters. The molecule has 0 radical (unpaired) electrons. The highest BCUT2D eigenvalue weighted by atomic mass is 35.5. The number of benzene rings is 2. The van der Waals surface area contributed by atoms with E-state index in [1.54, 1.807) is 30.1 Å². The number of amides is 1. The third kappa shape index (κ3) is 4.26. The van der Waals surface area contributed by atoms with Crippen molar-refractivity contribution in [2.24, 2.45) is 0 Å². The fourth-order valence-electron chi connectivity index (χ4n) is 2.74. The molecule has 0 saturated carbocycles. The number of nitrogens with zero attached hydrogens (tertiary/aromatic N) is 2. The minimum atomic E-state index is -0.0647. The molecule has 0 N–H and O–H groups in total. The predicted molar refractivity (Wildman–Crippen MR) is 105 cm³/mol. The third-order valence-corrected chi connectivity index (χ3v) is 4.64. The van der Waals surface area contributed by atoms with E-state index in [-0.39, 0.29) is 18.1 Å². The number of hydrogen-bond acceptors (Lipinski definition) is 4. The molecule has 1 aromatic heterocycles. The zero-order chi connectivity index (χ0) is 19.4. The molecular weight excluding hydrogens is 364 g/mol. The first kappa shape index (κ1) is 18.9. The molecule has 1 amide bonds. The molecule has 138 valence electrons. The van der Waals surface area contributed by atoms with Gasteiger partial charge in [-0.05, 0) is 17.7 Å². The standard InChI is InChI=1S/C21H19ClN2O3/c1-3-21(26)24(2)16-8-9-17(18(22)12-16)14-4-6-15(7-5-14)19(25)13-20-23-10-11-27-20/h4-12H,3,13H2,1-2H3. The maximum absolute atomic E-state index is 12.3. The van der Waals surface area contributed by atoms with Gasteiger partial charge >= 0.3 is 0 Å². The Balaban J connectivity index is 1.78. The van der Waals surface area contributed by atoms with Crippen LogP contribution in [-0.4, -0.2) is 23.7 Å². The van der Waals surface area contributed by atoms with Gasteiger partial charge in [-0.15, -0.1) is 0 Å². The molecule has 1 heterocycles. The lowest BCUT2D eigenvalue weighted by molar-refractivity contribution is -0.118. The summed E-state index contributed by atoms with van der Waals surface area (Å²) in [5, 5.41) is 0.544. The highest BCUT2D eigenvalue weighted by Crippen LogP contribution is 2.31. The molecular formula is C21H19ClN2O3. The number of rotatable bonds is 6. The van der Waals surface area contributed by atoms with Crippen molar-refractivity contribution in [2.45, 2.75) is 19.8 Å². The smallest absolute Gasteiger partial charge is 0.226 e. The maximum atomic E-state index is 12.3. The van der Waals surface area contributed by atoms with Crippen molar-refractivity contribution in [1.29, 1.82) is 0 Å².